The van der Waals surface area contributed by atoms with Gasteiger partial charge < -0.3 is 9.72 Å². The van der Waals surface area contributed by atoms with Gasteiger partial charge >= 0.3 is 5.97 Å². The fraction of sp³-hybridized carbons (Fsp3) is 0.0952. The molecule has 0 bridgehead atoms. The average molecular weight is 315 g/mol. The minimum absolute atomic E-state index is 0.322. The predicted molar refractivity (Wildman–Crippen MR) is 97.2 cm³/mol. The van der Waals surface area contributed by atoms with Gasteiger partial charge in [-0.15, -0.1) is 0 Å². The number of carbonyl (C=O) groups is 1. The molecule has 4 rings (SSSR count). The molecule has 0 aliphatic carbocycles. The molecule has 0 radical (unpaired) electrons. The molecule has 0 spiro atoms. The third-order valence-electron chi connectivity index (χ3n) is 4.22. The van der Waals surface area contributed by atoms with Crippen LogP contribution in [0.1, 0.15) is 17.4 Å². The molecule has 1 aromatic heterocycles. The minimum atomic E-state index is -0.322. The second-order valence-corrected chi connectivity index (χ2v) is 5.70. The van der Waals surface area contributed by atoms with Gasteiger partial charge in [0, 0.05) is 16.5 Å². The summed E-state index contributed by atoms with van der Waals surface area (Å²) in [7, 11) is 0. The van der Waals surface area contributed by atoms with Crippen LogP contribution in [-0.2, 0) is 4.74 Å². The lowest BCUT2D eigenvalue weighted by atomic mass is 9.98. The first-order valence-electron chi connectivity index (χ1n) is 8.05. The van der Waals surface area contributed by atoms with Crippen molar-refractivity contribution in [3.05, 3.63) is 72.4 Å². The molecule has 3 nitrogen and oxygen atoms in total. The molecule has 0 atom stereocenters. The van der Waals surface area contributed by atoms with Crippen LogP contribution in [0, 0.1) is 0 Å². The van der Waals surface area contributed by atoms with Gasteiger partial charge in [-0.3, -0.25) is 0 Å². The van der Waals surface area contributed by atoms with Gasteiger partial charge in [0.25, 0.3) is 0 Å². The van der Waals surface area contributed by atoms with E-state index in [2.05, 4.69) is 35.3 Å². The molecule has 0 unspecified atom stereocenters. The van der Waals surface area contributed by atoms with Gasteiger partial charge in [0.1, 0.15) is 5.69 Å². The zero-order chi connectivity index (χ0) is 16.5. The van der Waals surface area contributed by atoms with Crippen LogP contribution in [-0.4, -0.2) is 17.6 Å². The van der Waals surface area contributed by atoms with Gasteiger partial charge in [-0.1, -0.05) is 54.6 Å². The molecule has 4 aromatic rings. The maximum atomic E-state index is 12.4. The Hall–Kier alpha value is -3.07. The first-order valence-corrected chi connectivity index (χ1v) is 8.05. The first-order chi connectivity index (χ1) is 11.8. The van der Waals surface area contributed by atoms with Gasteiger partial charge in [0.05, 0.1) is 6.61 Å². The Labute approximate surface area is 139 Å². The van der Waals surface area contributed by atoms with E-state index in [0.29, 0.717) is 12.3 Å². The van der Waals surface area contributed by atoms with E-state index in [1.54, 1.807) is 0 Å². The number of benzene rings is 3. The number of hydrogen-bond donors (Lipinski definition) is 1. The predicted octanol–water partition coefficient (Wildman–Crippen LogP) is 5.16. The fourth-order valence-electron chi connectivity index (χ4n) is 3.14. The second-order valence-electron chi connectivity index (χ2n) is 5.70. The summed E-state index contributed by atoms with van der Waals surface area (Å²) in [6, 6.07) is 22.4. The molecule has 3 aromatic carbocycles. The molecule has 0 fully saturated rings. The Morgan fingerprint density at radius 2 is 1.71 bits per heavy atom. The Morgan fingerprint density at radius 1 is 0.958 bits per heavy atom. The molecule has 0 aliphatic heterocycles. The summed E-state index contributed by atoms with van der Waals surface area (Å²) in [6.45, 7) is 2.17. The molecule has 0 saturated heterocycles. The van der Waals surface area contributed by atoms with Gasteiger partial charge in [0.15, 0.2) is 0 Å². The molecule has 0 amide bonds. The number of rotatable bonds is 3. The van der Waals surface area contributed by atoms with Crippen LogP contribution < -0.4 is 0 Å². The third kappa shape index (κ3) is 2.35. The maximum absolute atomic E-state index is 12.4. The minimum Gasteiger partial charge on any atom is -0.461 e. The molecule has 0 aliphatic rings. The monoisotopic (exact) mass is 315 g/mol. The van der Waals surface area contributed by atoms with Crippen LogP contribution in [0.4, 0.5) is 0 Å². The lowest BCUT2D eigenvalue weighted by Gasteiger charge is -2.07. The van der Waals surface area contributed by atoms with Gasteiger partial charge in [-0.2, -0.15) is 0 Å². The molecule has 3 heteroatoms. The van der Waals surface area contributed by atoms with E-state index in [1.807, 2.05) is 43.3 Å². The highest BCUT2D eigenvalue weighted by atomic mass is 16.5. The molecule has 1 N–H and O–H groups in total. The molecular weight excluding hydrogens is 298 g/mol. The second kappa shape index (κ2) is 5.85. The van der Waals surface area contributed by atoms with E-state index in [1.165, 1.54) is 5.39 Å². The number of fused-ring (bicyclic) bond motifs is 2. The van der Waals surface area contributed by atoms with E-state index in [9.17, 15) is 4.79 Å². The summed E-state index contributed by atoms with van der Waals surface area (Å²) in [5.41, 5.74) is 3.35. The van der Waals surface area contributed by atoms with Crippen molar-refractivity contribution >= 4 is 27.6 Å². The van der Waals surface area contributed by atoms with E-state index in [-0.39, 0.29) is 5.97 Å². The van der Waals surface area contributed by atoms with Crippen molar-refractivity contribution in [3.63, 3.8) is 0 Å². The van der Waals surface area contributed by atoms with Crippen LogP contribution in [0.25, 0.3) is 32.8 Å². The van der Waals surface area contributed by atoms with Crippen LogP contribution in [0.3, 0.4) is 0 Å². The highest BCUT2D eigenvalue weighted by Crippen LogP contribution is 2.34. The van der Waals surface area contributed by atoms with Crippen molar-refractivity contribution in [1.29, 1.82) is 0 Å². The Morgan fingerprint density at radius 3 is 2.54 bits per heavy atom. The van der Waals surface area contributed by atoms with Gasteiger partial charge in [0.2, 0.25) is 0 Å². The van der Waals surface area contributed by atoms with Crippen LogP contribution in [0.2, 0.25) is 0 Å². The van der Waals surface area contributed by atoms with E-state index in [4.69, 9.17) is 4.74 Å². The molecule has 118 valence electrons. The quantitative estimate of drug-likeness (QED) is 0.530. The molecule has 24 heavy (non-hydrogen) atoms. The highest BCUT2D eigenvalue weighted by Gasteiger charge is 2.20. The Balaban J connectivity index is 1.99. The van der Waals surface area contributed by atoms with Gasteiger partial charge in [-0.25, -0.2) is 4.79 Å². The van der Waals surface area contributed by atoms with E-state index >= 15 is 0 Å². The number of esters is 1. The zero-order valence-electron chi connectivity index (χ0n) is 13.4. The van der Waals surface area contributed by atoms with Gasteiger partial charge in [-0.05, 0) is 35.4 Å². The lowest BCUT2D eigenvalue weighted by Crippen LogP contribution is -2.06. The van der Waals surface area contributed by atoms with Crippen molar-refractivity contribution in [2.75, 3.05) is 6.61 Å². The Bertz CT molecular complexity index is 1050. The average Bonchev–Trinajstić information content (AvgIpc) is 3.01. The summed E-state index contributed by atoms with van der Waals surface area (Å²) < 4.78 is 5.24. The summed E-state index contributed by atoms with van der Waals surface area (Å²) in [5.74, 6) is -0.322. The van der Waals surface area contributed by atoms with Crippen LogP contribution >= 0.6 is 0 Å². The maximum Gasteiger partial charge on any atom is 0.355 e. The largest absolute Gasteiger partial charge is 0.461 e. The molecular formula is C21H17NO2. The first kappa shape index (κ1) is 14.5. The third-order valence-corrected chi connectivity index (χ3v) is 4.22. The number of hydrogen-bond acceptors (Lipinski definition) is 2. The normalized spacial score (nSPS) is 11.0. The summed E-state index contributed by atoms with van der Waals surface area (Å²) in [4.78, 5) is 15.6. The van der Waals surface area contributed by atoms with Crippen LogP contribution in [0.15, 0.2) is 66.7 Å². The molecule has 1 heterocycles. The van der Waals surface area contributed by atoms with Crippen LogP contribution in [0.5, 0.6) is 0 Å². The number of nitrogens with one attached hydrogen (secondary N) is 1. The fourth-order valence-corrected chi connectivity index (χ4v) is 3.14. The number of para-hydroxylation sites is 1. The van der Waals surface area contributed by atoms with Crippen molar-refractivity contribution in [3.8, 4) is 11.1 Å². The molecule has 0 saturated carbocycles. The smallest absolute Gasteiger partial charge is 0.355 e. The van der Waals surface area contributed by atoms with E-state index in [0.717, 1.165) is 27.4 Å². The Kier molecular flexibility index (Phi) is 3.54. The number of H-pyrrole nitrogens is 1. The number of aromatic nitrogens is 1. The van der Waals surface area contributed by atoms with E-state index < -0.39 is 0 Å². The SMILES string of the molecule is CCOC(=O)c1[nH]c2ccccc2c1-c1ccc2ccccc2c1. The standard InChI is InChI=1S/C21H17NO2/c1-2-24-21(23)20-19(17-9-5-6-10-18(17)22-20)16-12-11-14-7-3-4-8-15(14)13-16/h3-13,22H,2H2,1H3. The van der Waals surface area contributed by atoms with Crippen molar-refractivity contribution in [1.82, 2.24) is 4.98 Å². The number of carbonyl (C=O) groups excluding carboxylic acids is 1. The zero-order valence-corrected chi connectivity index (χ0v) is 13.4. The van der Waals surface area contributed by atoms with Crippen molar-refractivity contribution < 1.29 is 9.53 Å². The summed E-state index contributed by atoms with van der Waals surface area (Å²) in [6.07, 6.45) is 0. The topological polar surface area (TPSA) is 42.1 Å². The van der Waals surface area contributed by atoms with Crippen molar-refractivity contribution in [2.45, 2.75) is 6.92 Å². The van der Waals surface area contributed by atoms with Crippen molar-refractivity contribution in [2.24, 2.45) is 0 Å². The summed E-state index contributed by atoms with van der Waals surface area (Å²) >= 11 is 0. The number of aromatic amines is 1. The number of ether oxygens (including phenoxy) is 1. The lowest BCUT2D eigenvalue weighted by molar-refractivity contribution is 0.0521. The highest BCUT2D eigenvalue weighted by molar-refractivity contribution is 6.08. The summed E-state index contributed by atoms with van der Waals surface area (Å²) in [5, 5.41) is 3.35.